The Balaban J connectivity index is 1.60. The van der Waals surface area contributed by atoms with Gasteiger partial charge in [0.05, 0.1) is 19.6 Å². The van der Waals surface area contributed by atoms with Gasteiger partial charge in [0.25, 0.3) is 0 Å². The van der Waals surface area contributed by atoms with Crippen LogP contribution in [0.4, 0.5) is 0 Å². The van der Waals surface area contributed by atoms with E-state index >= 15 is 0 Å². The van der Waals surface area contributed by atoms with E-state index in [0.717, 1.165) is 5.75 Å². The zero-order chi connectivity index (χ0) is 19.5. The van der Waals surface area contributed by atoms with Crippen LogP contribution >= 0.6 is 0 Å². The summed E-state index contributed by atoms with van der Waals surface area (Å²) in [4.78, 5) is 39.2. The lowest BCUT2D eigenvalue weighted by Gasteiger charge is -2.35. The van der Waals surface area contributed by atoms with Gasteiger partial charge in [-0.25, -0.2) is 0 Å². The number of ether oxygens (including phenoxy) is 2. The van der Waals surface area contributed by atoms with E-state index in [1.165, 1.54) is 0 Å². The maximum atomic E-state index is 12.3. The number of hydrogen-bond donors (Lipinski definition) is 0. The number of piperazine rings is 1. The van der Waals surface area contributed by atoms with Gasteiger partial charge in [-0.2, -0.15) is 0 Å². The van der Waals surface area contributed by atoms with Gasteiger partial charge in [0.2, 0.25) is 11.8 Å². The first-order valence-electron chi connectivity index (χ1n) is 9.49. The Kier molecular flexibility index (Phi) is 8.61. The molecule has 2 rings (SSSR count). The molecule has 0 aliphatic carbocycles. The van der Waals surface area contributed by atoms with Gasteiger partial charge >= 0.3 is 5.97 Å². The van der Waals surface area contributed by atoms with Crippen LogP contribution in [0.5, 0.6) is 5.75 Å². The van der Waals surface area contributed by atoms with Crippen molar-refractivity contribution in [3.05, 3.63) is 30.3 Å². The number of hydrogen-bond acceptors (Lipinski definition) is 5. The van der Waals surface area contributed by atoms with E-state index in [1.54, 1.807) is 16.7 Å². The highest BCUT2D eigenvalue weighted by atomic mass is 16.5. The molecule has 2 amide bonds. The summed E-state index contributed by atoms with van der Waals surface area (Å²) in [7, 11) is 0. The van der Waals surface area contributed by atoms with Crippen LogP contribution < -0.4 is 4.74 Å². The first kappa shape index (κ1) is 20.7. The Morgan fingerprint density at radius 2 is 1.48 bits per heavy atom. The van der Waals surface area contributed by atoms with E-state index in [0.29, 0.717) is 52.2 Å². The van der Waals surface area contributed by atoms with Crippen molar-refractivity contribution in [3.63, 3.8) is 0 Å². The van der Waals surface area contributed by atoms with Crippen molar-refractivity contribution in [2.75, 3.05) is 39.4 Å². The molecule has 1 aromatic carbocycles. The molecule has 148 valence electrons. The lowest BCUT2D eigenvalue weighted by atomic mass is 10.2. The fourth-order valence-corrected chi connectivity index (χ4v) is 2.89. The summed E-state index contributed by atoms with van der Waals surface area (Å²) in [6, 6.07) is 9.53. The molecule has 1 aromatic rings. The van der Waals surface area contributed by atoms with Crippen molar-refractivity contribution in [2.24, 2.45) is 0 Å². The number of benzene rings is 1. The van der Waals surface area contributed by atoms with Gasteiger partial charge < -0.3 is 19.3 Å². The first-order chi connectivity index (χ1) is 13.1. The molecule has 1 aliphatic heterocycles. The average Bonchev–Trinajstić information content (AvgIpc) is 2.70. The van der Waals surface area contributed by atoms with Gasteiger partial charge in [-0.1, -0.05) is 18.2 Å². The largest absolute Gasteiger partial charge is 0.494 e. The maximum absolute atomic E-state index is 12.3. The number of nitrogens with zero attached hydrogens (tertiary/aromatic N) is 2. The number of carbonyl (C=O) groups excluding carboxylic acids is 3. The van der Waals surface area contributed by atoms with E-state index in [1.807, 2.05) is 30.3 Å². The quantitative estimate of drug-likeness (QED) is 0.486. The summed E-state index contributed by atoms with van der Waals surface area (Å²) in [5.74, 6) is 0.481. The molecule has 0 atom stereocenters. The summed E-state index contributed by atoms with van der Waals surface area (Å²) in [5.41, 5.74) is 0. The highest BCUT2D eigenvalue weighted by Gasteiger charge is 2.24. The predicted molar refractivity (Wildman–Crippen MR) is 100 cm³/mol. The Labute approximate surface area is 160 Å². The predicted octanol–water partition coefficient (Wildman–Crippen LogP) is 1.86. The van der Waals surface area contributed by atoms with Gasteiger partial charge in [-0.15, -0.1) is 0 Å². The fourth-order valence-electron chi connectivity index (χ4n) is 2.89. The van der Waals surface area contributed by atoms with Crippen LogP contribution in [0.15, 0.2) is 30.3 Å². The third kappa shape index (κ3) is 7.29. The minimum atomic E-state index is -0.350. The number of esters is 1. The molecule has 0 N–H and O–H groups in total. The van der Waals surface area contributed by atoms with Crippen molar-refractivity contribution >= 4 is 17.8 Å². The zero-order valence-corrected chi connectivity index (χ0v) is 15.9. The average molecular weight is 376 g/mol. The van der Waals surface area contributed by atoms with E-state index in [4.69, 9.17) is 9.47 Å². The van der Waals surface area contributed by atoms with E-state index < -0.39 is 0 Å². The number of rotatable bonds is 9. The van der Waals surface area contributed by atoms with Gasteiger partial charge in [0.15, 0.2) is 0 Å². The van der Waals surface area contributed by atoms with Crippen LogP contribution in [0.2, 0.25) is 0 Å². The first-order valence-corrected chi connectivity index (χ1v) is 9.49. The number of amides is 2. The minimum Gasteiger partial charge on any atom is -0.494 e. The molecule has 0 aromatic heterocycles. The monoisotopic (exact) mass is 376 g/mol. The standard InChI is InChI=1S/C20H28N2O5/c1-2-26-20(25)11-10-19(24)22-14-12-21(13-15-22)18(23)9-6-16-27-17-7-4-3-5-8-17/h3-5,7-8H,2,6,9-16H2,1H3. The fraction of sp³-hybridized carbons (Fsp3) is 0.550. The summed E-state index contributed by atoms with van der Waals surface area (Å²) >= 11 is 0. The second-order valence-corrected chi connectivity index (χ2v) is 6.33. The Morgan fingerprint density at radius 3 is 2.07 bits per heavy atom. The van der Waals surface area contributed by atoms with Gasteiger partial charge in [-0.05, 0) is 25.5 Å². The molecule has 1 aliphatic rings. The second kappa shape index (κ2) is 11.2. The normalized spacial score (nSPS) is 14.0. The molecule has 0 unspecified atom stereocenters. The Morgan fingerprint density at radius 1 is 0.889 bits per heavy atom. The van der Waals surface area contributed by atoms with Crippen LogP contribution in [-0.4, -0.2) is 67.0 Å². The SMILES string of the molecule is CCOC(=O)CCC(=O)N1CCN(C(=O)CCCOc2ccccc2)CC1. The van der Waals surface area contributed by atoms with E-state index in [9.17, 15) is 14.4 Å². The third-order valence-electron chi connectivity index (χ3n) is 4.38. The Hall–Kier alpha value is -2.57. The highest BCUT2D eigenvalue weighted by Crippen LogP contribution is 2.11. The summed E-state index contributed by atoms with van der Waals surface area (Å²) in [6.45, 7) is 4.64. The molecule has 0 saturated carbocycles. The van der Waals surface area contributed by atoms with Gasteiger partial charge in [-0.3, -0.25) is 14.4 Å². The van der Waals surface area contributed by atoms with Crippen LogP contribution in [0, 0.1) is 0 Å². The Bertz CT molecular complexity index is 612. The lowest BCUT2D eigenvalue weighted by molar-refractivity contribution is -0.146. The van der Waals surface area contributed by atoms with Crippen LogP contribution in [0.25, 0.3) is 0 Å². The molecule has 0 spiro atoms. The molecule has 1 heterocycles. The van der Waals surface area contributed by atoms with Crippen molar-refractivity contribution in [1.29, 1.82) is 0 Å². The van der Waals surface area contributed by atoms with Crippen molar-refractivity contribution in [1.82, 2.24) is 9.80 Å². The van der Waals surface area contributed by atoms with Gasteiger partial charge in [0.1, 0.15) is 5.75 Å². The maximum Gasteiger partial charge on any atom is 0.306 e. The van der Waals surface area contributed by atoms with Crippen LogP contribution in [0.3, 0.4) is 0 Å². The topological polar surface area (TPSA) is 76.2 Å². The van der Waals surface area contributed by atoms with Crippen LogP contribution in [-0.2, 0) is 19.1 Å². The molecule has 1 saturated heterocycles. The molecule has 27 heavy (non-hydrogen) atoms. The molecule has 0 bridgehead atoms. The second-order valence-electron chi connectivity index (χ2n) is 6.33. The van der Waals surface area contributed by atoms with Crippen molar-refractivity contribution in [2.45, 2.75) is 32.6 Å². The molecule has 0 radical (unpaired) electrons. The summed E-state index contributed by atoms with van der Waals surface area (Å²) in [5, 5.41) is 0. The zero-order valence-electron chi connectivity index (χ0n) is 15.9. The molecular formula is C20H28N2O5. The van der Waals surface area contributed by atoms with Crippen molar-refractivity contribution < 1.29 is 23.9 Å². The highest BCUT2D eigenvalue weighted by molar-refractivity contribution is 5.82. The number of carbonyl (C=O) groups is 3. The van der Waals surface area contributed by atoms with E-state index in [2.05, 4.69) is 0 Å². The van der Waals surface area contributed by atoms with Crippen LogP contribution in [0.1, 0.15) is 32.6 Å². The number of para-hydroxylation sites is 1. The molecule has 7 nitrogen and oxygen atoms in total. The lowest BCUT2D eigenvalue weighted by Crippen LogP contribution is -2.50. The summed E-state index contributed by atoms with van der Waals surface area (Å²) in [6.07, 6.45) is 1.35. The van der Waals surface area contributed by atoms with E-state index in [-0.39, 0.29) is 30.6 Å². The van der Waals surface area contributed by atoms with Gasteiger partial charge in [0, 0.05) is 39.0 Å². The molecule has 1 fully saturated rings. The minimum absolute atomic E-state index is 0.0635. The third-order valence-corrected chi connectivity index (χ3v) is 4.38. The molecular weight excluding hydrogens is 348 g/mol. The smallest absolute Gasteiger partial charge is 0.306 e. The van der Waals surface area contributed by atoms with Crippen molar-refractivity contribution in [3.8, 4) is 5.75 Å². The molecule has 7 heteroatoms. The summed E-state index contributed by atoms with van der Waals surface area (Å²) < 4.78 is 10.4.